The lowest BCUT2D eigenvalue weighted by Crippen LogP contribution is -2.59. The van der Waals surface area contributed by atoms with Gasteiger partial charge in [-0.2, -0.15) is 0 Å². The number of hydrogen-bond acceptors (Lipinski definition) is 5. The number of hydrogen-bond donors (Lipinski definition) is 0. The van der Waals surface area contributed by atoms with Gasteiger partial charge in [-0.15, -0.1) is 0 Å². The van der Waals surface area contributed by atoms with Crippen LogP contribution in [0.15, 0.2) is 12.4 Å². The van der Waals surface area contributed by atoms with E-state index in [2.05, 4.69) is 14.9 Å². The van der Waals surface area contributed by atoms with E-state index in [-0.39, 0.29) is 13.0 Å². The first-order valence-electron chi connectivity index (χ1n) is 8.91. The highest BCUT2D eigenvalue weighted by Gasteiger charge is 2.60. The molecule has 1 aromatic rings. The first kappa shape index (κ1) is 17.0. The van der Waals surface area contributed by atoms with Crippen LogP contribution in [0.1, 0.15) is 25.7 Å². The molecule has 3 saturated heterocycles. The summed E-state index contributed by atoms with van der Waals surface area (Å²) in [4.78, 5) is 11.9. The van der Waals surface area contributed by atoms with E-state index in [1.807, 2.05) is 0 Å². The van der Waals surface area contributed by atoms with Crippen LogP contribution < -0.4 is 4.90 Å². The van der Waals surface area contributed by atoms with E-state index in [0.29, 0.717) is 51.3 Å². The molecule has 4 heterocycles. The van der Waals surface area contributed by atoms with E-state index < -0.39 is 17.2 Å². The number of anilines is 1. The second-order valence-corrected chi connectivity index (χ2v) is 7.42. The fourth-order valence-electron chi connectivity index (χ4n) is 4.43. The van der Waals surface area contributed by atoms with E-state index >= 15 is 0 Å². The van der Waals surface area contributed by atoms with E-state index in [1.165, 1.54) is 0 Å². The zero-order valence-electron chi connectivity index (χ0n) is 14.1. The lowest BCUT2D eigenvalue weighted by atomic mass is 9.75. The molecule has 0 unspecified atom stereocenters. The molecule has 3 aliphatic rings. The van der Waals surface area contributed by atoms with Crippen molar-refractivity contribution in [2.24, 2.45) is 5.41 Å². The molecule has 0 bridgehead atoms. The zero-order valence-corrected chi connectivity index (χ0v) is 14.1. The molecule has 3 aliphatic heterocycles. The van der Waals surface area contributed by atoms with Gasteiger partial charge in [0.2, 0.25) is 5.95 Å². The minimum Gasteiger partial charge on any atom is -0.381 e. The minimum absolute atomic E-state index is 0.109. The maximum absolute atomic E-state index is 14.9. The number of nitrogens with zero attached hydrogens (tertiary/aromatic N) is 4. The van der Waals surface area contributed by atoms with Crippen LogP contribution in [-0.4, -0.2) is 66.2 Å². The summed E-state index contributed by atoms with van der Waals surface area (Å²) in [5.74, 6) is -2.90. The van der Waals surface area contributed by atoms with Crippen molar-refractivity contribution in [1.82, 2.24) is 14.9 Å². The molecule has 138 valence electrons. The van der Waals surface area contributed by atoms with Crippen molar-refractivity contribution in [2.75, 3.05) is 44.3 Å². The maximum Gasteiger partial charge on any atom is 0.257 e. The summed E-state index contributed by atoms with van der Waals surface area (Å²) in [5, 5.41) is 0. The van der Waals surface area contributed by atoms with E-state index in [9.17, 15) is 13.2 Å². The number of piperidine rings is 1. The van der Waals surface area contributed by atoms with Crippen LogP contribution in [0.2, 0.25) is 0 Å². The number of likely N-dealkylation sites (tertiary alicyclic amines) is 1. The number of rotatable bonds is 2. The Labute approximate surface area is 145 Å². The van der Waals surface area contributed by atoms with Crippen molar-refractivity contribution in [1.29, 1.82) is 0 Å². The van der Waals surface area contributed by atoms with Gasteiger partial charge in [-0.25, -0.2) is 23.1 Å². The SMILES string of the molecule is Fc1cnc(N2CC[C@@]3(C2)CN(C2CCOCC2)CCC3(F)F)nc1. The van der Waals surface area contributed by atoms with Gasteiger partial charge in [0.1, 0.15) is 0 Å². The van der Waals surface area contributed by atoms with Crippen molar-refractivity contribution in [3.8, 4) is 0 Å². The monoisotopic (exact) mass is 356 g/mol. The Balaban J connectivity index is 1.52. The summed E-state index contributed by atoms with van der Waals surface area (Å²) in [7, 11) is 0. The summed E-state index contributed by atoms with van der Waals surface area (Å²) < 4.78 is 48.2. The molecule has 0 N–H and O–H groups in total. The Morgan fingerprint density at radius 1 is 1.04 bits per heavy atom. The van der Waals surface area contributed by atoms with Crippen LogP contribution in [0.4, 0.5) is 19.1 Å². The Morgan fingerprint density at radius 2 is 1.76 bits per heavy atom. The van der Waals surface area contributed by atoms with Crippen molar-refractivity contribution in [2.45, 2.75) is 37.6 Å². The summed E-state index contributed by atoms with van der Waals surface area (Å²) >= 11 is 0. The van der Waals surface area contributed by atoms with E-state index in [4.69, 9.17) is 4.74 Å². The van der Waals surface area contributed by atoms with E-state index in [0.717, 1.165) is 25.2 Å². The Bertz CT molecular complexity index is 608. The highest BCUT2D eigenvalue weighted by Crippen LogP contribution is 2.50. The maximum atomic E-state index is 14.9. The van der Waals surface area contributed by atoms with Gasteiger partial charge in [-0.1, -0.05) is 0 Å². The number of halogens is 3. The number of alkyl halides is 2. The molecule has 5 nitrogen and oxygen atoms in total. The predicted octanol–water partition coefficient (Wildman–Crippen LogP) is 2.33. The molecule has 25 heavy (non-hydrogen) atoms. The molecule has 0 amide bonds. The van der Waals surface area contributed by atoms with Crippen LogP contribution in [-0.2, 0) is 4.74 Å². The Hall–Kier alpha value is -1.41. The van der Waals surface area contributed by atoms with Crippen LogP contribution in [0.3, 0.4) is 0 Å². The second-order valence-electron chi connectivity index (χ2n) is 7.42. The quantitative estimate of drug-likeness (QED) is 0.814. The molecule has 0 aliphatic carbocycles. The van der Waals surface area contributed by atoms with Gasteiger partial charge in [0, 0.05) is 51.9 Å². The largest absolute Gasteiger partial charge is 0.381 e. The lowest BCUT2D eigenvalue weighted by molar-refractivity contribution is -0.167. The van der Waals surface area contributed by atoms with Gasteiger partial charge in [0.25, 0.3) is 5.92 Å². The smallest absolute Gasteiger partial charge is 0.257 e. The highest BCUT2D eigenvalue weighted by atomic mass is 19.3. The summed E-state index contributed by atoms with van der Waals surface area (Å²) in [6.07, 6.45) is 4.28. The van der Waals surface area contributed by atoms with Crippen molar-refractivity contribution in [3.63, 3.8) is 0 Å². The van der Waals surface area contributed by atoms with Crippen LogP contribution in [0, 0.1) is 11.2 Å². The molecular weight excluding hydrogens is 333 g/mol. The molecule has 3 fully saturated rings. The average molecular weight is 356 g/mol. The molecule has 0 radical (unpaired) electrons. The molecule has 0 aromatic carbocycles. The third-order valence-corrected chi connectivity index (χ3v) is 5.95. The summed E-state index contributed by atoms with van der Waals surface area (Å²) in [5.41, 5.74) is -1.08. The van der Waals surface area contributed by atoms with Gasteiger partial charge in [0.15, 0.2) is 5.82 Å². The molecule has 0 saturated carbocycles. The van der Waals surface area contributed by atoms with Gasteiger partial charge in [-0.3, -0.25) is 4.90 Å². The third-order valence-electron chi connectivity index (χ3n) is 5.95. The molecule has 4 rings (SSSR count). The van der Waals surface area contributed by atoms with Crippen molar-refractivity contribution in [3.05, 3.63) is 18.2 Å². The van der Waals surface area contributed by atoms with Crippen molar-refractivity contribution >= 4 is 5.95 Å². The van der Waals surface area contributed by atoms with Gasteiger partial charge >= 0.3 is 0 Å². The van der Waals surface area contributed by atoms with Crippen LogP contribution >= 0.6 is 0 Å². The third kappa shape index (κ3) is 3.10. The fraction of sp³-hybridized carbons (Fsp3) is 0.765. The van der Waals surface area contributed by atoms with Crippen LogP contribution in [0.25, 0.3) is 0 Å². The minimum atomic E-state index is -2.70. The number of ether oxygens (including phenoxy) is 1. The normalized spacial score (nSPS) is 30.9. The van der Waals surface area contributed by atoms with Gasteiger partial charge in [-0.05, 0) is 19.3 Å². The predicted molar refractivity (Wildman–Crippen MR) is 86.2 cm³/mol. The first-order valence-corrected chi connectivity index (χ1v) is 8.91. The first-order chi connectivity index (χ1) is 12.0. The second kappa shape index (κ2) is 6.39. The molecule has 1 spiro atoms. The molecule has 8 heteroatoms. The lowest BCUT2D eigenvalue weighted by Gasteiger charge is -2.49. The van der Waals surface area contributed by atoms with Crippen molar-refractivity contribution < 1.29 is 17.9 Å². The standard InChI is InChI=1S/C17H23F3N4O/c18-13-9-21-15(22-10-13)24-5-3-16(12-24)11-23(6-4-17(16,19)20)14-1-7-25-8-2-14/h9-10,14H,1-8,11-12H2/t16-/m0/s1. The topological polar surface area (TPSA) is 41.5 Å². The Kier molecular flexibility index (Phi) is 4.35. The zero-order chi connectivity index (χ0) is 17.5. The van der Waals surface area contributed by atoms with Gasteiger partial charge < -0.3 is 9.64 Å². The Morgan fingerprint density at radius 3 is 2.48 bits per heavy atom. The highest BCUT2D eigenvalue weighted by molar-refractivity contribution is 5.33. The summed E-state index contributed by atoms with van der Waals surface area (Å²) in [6, 6.07) is 0.331. The average Bonchev–Trinajstić information content (AvgIpc) is 3.05. The molecule has 1 aromatic heterocycles. The van der Waals surface area contributed by atoms with Gasteiger partial charge in [0.05, 0.1) is 17.8 Å². The van der Waals surface area contributed by atoms with Crippen LogP contribution in [0.5, 0.6) is 0 Å². The molecular formula is C17H23F3N4O. The summed E-state index contributed by atoms with van der Waals surface area (Å²) in [6.45, 7) is 2.93. The molecule has 1 atom stereocenters. The fourth-order valence-corrected chi connectivity index (χ4v) is 4.43. The van der Waals surface area contributed by atoms with E-state index in [1.54, 1.807) is 4.90 Å². The number of aromatic nitrogens is 2.